The number of aliphatic hydroxyl groups excluding tert-OH is 1. The zero-order valence-corrected chi connectivity index (χ0v) is 11.0. The van der Waals surface area contributed by atoms with Crippen molar-refractivity contribution in [1.29, 1.82) is 0 Å². The molecule has 0 amide bonds. The minimum atomic E-state index is -0.609. The van der Waals surface area contributed by atoms with E-state index < -0.39 is 6.10 Å². The van der Waals surface area contributed by atoms with Gasteiger partial charge in [-0.2, -0.15) is 0 Å². The molecule has 0 saturated heterocycles. The Kier molecular flexibility index (Phi) is 7.41. The number of ether oxygens (including phenoxy) is 2. The van der Waals surface area contributed by atoms with Crippen molar-refractivity contribution in [2.24, 2.45) is 5.73 Å². The van der Waals surface area contributed by atoms with Gasteiger partial charge in [-0.15, -0.1) is 0 Å². The molecule has 102 valence electrons. The molecule has 1 atom stereocenters. The van der Waals surface area contributed by atoms with Crippen LogP contribution in [0.15, 0.2) is 24.3 Å². The van der Waals surface area contributed by atoms with Gasteiger partial charge in [0, 0.05) is 13.2 Å². The van der Waals surface area contributed by atoms with E-state index in [1.807, 2.05) is 24.3 Å². The Labute approximate surface area is 109 Å². The molecule has 0 heterocycles. The molecule has 1 unspecified atom stereocenters. The van der Waals surface area contributed by atoms with Crippen LogP contribution in [-0.2, 0) is 11.3 Å². The van der Waals surface area contributed by atoms with Crippen LogP contribution in [0.2, 0.25) is 0 Å². The van der Waals surface area contributed by atoms with Crippen molar-refractivity contribution in [2.45, 2.75) is 32.5 Å². The maximum absolute atomic E-state index is 9.27. The highest BCUT2D eigenvalue weighted by Gasteiger charge is 2.02. The molecule has 18 heavy (non-hydrogen) atoms. The summed E-state index contributed by atoms with van der Waals surface area (Å²) >= 11 is 0. The molecule has 4 heteroatoms. The Morgan fingerprint density at radius 1 is 1.28 bits per heavy atom. The third-order valence-electron chi connectivity index (χ3n) is 2.55. The van der Waals surface area contributed by atoms with Crippen LogP contribution in [0.1, 0.15) is 25.3 Å². The Morgan fingerprint density at radius 2 is 2.00 bits per heavy atom. The minimum Gasteiger partial charge on any atom is -0.491 e. The van der Waals surface area contributed by atoms with Gasteiger partial charge >= 0.3 is 0 Å². The van der Waals surface area contributed by atoms with Crippen molar-refractivity contribution >= 4 is 0 Å². The van der Waals surface area contributed by atoms with Gasteiger partial charge < -0.3 is 20.3 Å². The fourth-order valence-corrected chi connectivity index (χ4v) is 1.38. The van der Waals surface area contributed by atoms with Crippen LogP contribution < -0.4 is 10.5 Å². The highest BCUT2D eigenvalue weighted by molar-refractivity contribution is 5.26. The highest BCUT2D eigenvalue weighted by atomic mass is 16.5. The average molecular weight is 253 g/mol. The topological polar surface area (TPSA) is 64.7 Å². The van der Waals surface area contributed by atoms with Crippen LogP contribution in [0.3, 0.4) is 0 Å². The molecule has 0 aliphatic rings. The van der Waals surface area contributed by atoms with E-state index in [0.29, 0.717) is 6.61 Å². The molecule has 0 saturated carbocycles. The van der Waals surface area contributed by atoms with Crippen molar-refractivity contribution in [2.75, 3.05) is 19.8 Å². The van der Waals surface area contributed by atoms with E-state index in [0.717, 1.165) is 30.8 Å². The third kappa shape index (κ3) is 6.00. The monoisotopic (exact) mass is 253 g/mol. The van der Waals surface area contributed by atoms with Crippen molar-refractivity contribution < 1.29 is 14.6 Å². The smallest absolute Gasteiger partial charge is 0.119 e. The van der Waals surface area contributed by atoms with E-state index in [2.05, 4.69) is 6.92 Å². The standard InChI is InChI=1S/C14H23NO3/c1-2-3-8-17-10-12-4-6-14(7-5-12)18-11-13(16)9-15/h4-7,13,16H,2-3,8-11,15H2,1H3. The summed E-state index contributed by atoms with van der Waals surface area (Å²) in [5.41, 5.74) is 6.42. The van der Waals surface area contributed by atoms with Crippen LogP contribution in [0.5, 0.6) is 5.75 Å². The fourth-order valence-electron chi connectivity index (χ4n) is 1.38. The number of rotatable bonds is 9. The van der Waals surface area contributed by atoms with Crippen molar-refractivity contribution in [3.63, 3.8) is 0 Å². The number of aliphatic hydroxyl groups is 1. The average Bonchev–Trinajstić information content (AvgIpc) is 2.42. The molecule has 0 fully saturated rings. The summed E-state index contributed by atoms with van der Waals surface area (Å²) in [4.78, 5) is 0. The second-order valence-corrected chi connectivity index (χ2v) is 4.25. The summed E-state index contributed by atoms with van der Waals surface area (Å²) in [5, 5.41) is 9.27. The van der Waals surface area contributed by atoms with E-state index >= 15 is 0 Å². The predicted octanol–water partition coefficient (Wildman–Crippen LogP) is 1.70. The van der Waals surface area contributed by atoms with Gasteiger partial charge in [-0.25, -0.2) is 0 Å². The summed E-state index contributed by atoms with van der Waals surface area (Å²) in [5.74, 6) is 0.736. The SMILES string of the molecule is CCCCOCc1ccc(OCC(O)CN)cc1. The molecule has 0 aromatic heterocycles. The van der Waals surface area contributed by atoms with Crippen LogP contribution in [-0.4, -0.2) is 31.0 Å². The van der Waals surface area contributed by atoms with Gasteiger partial charge in [0.1, 0.15) is 18.5 Å². The Hall–Kier alpha value is -1.10. The normalized spacial score (nSPS) is 12.4. The Balaban J connectivity index is 2.28. The molecule has 0 spiro atoms. The van der Waals surface area contributed by atoms with Gasteiger partial charge in [-0.3, -0.25) is 0 Å². The maximum atomic E-state index is 9.27. The molecule has 1 rings (SSSR count). The number of nitrogens with two attached hydrogens (primary N) is 1. The quantitative estimate of drug-likeness (QED) is 0.657. The number of hydrogen-bond donors (Lipinski definition) is 2. The summed E-state index contributed by atoms with van der Waals surface area (Å²) in [6, 6.07) is 7.69. The van der Waals surface area contributed by atoms with Gasteiger partial charge in [0.05, 0.1) is 6.61 Å². The molecular weight excluding hydrogens is 230 g/mol. The van der Waals surface area contributed by atoms with Crippen LogP contribution in [0.4, 0.5) is 0 Å². The van der Waals surface area contributed by atoms with E-state index in [-0.39, 0.29) is 13.2 Å². The zero-order valence-electron chi connectivity index (χ0n) is 11.0. The molecule has 4 nitrogen and oxygen atoms in total. The van der Waals surface area contributed by atoms with Gasteiger partial charge in [-0.05, 0) is 24.1 Å². The van der Waals surface area contributed by atoms with Gasteiger partial charge in [0.15, 0.2) is 0 Å². The summed E-state index contributed by atoms with van der Waals surface area (Å²) < 4.78 is 10.9. The second-order valence-electron chi connectivity index (χ2n) is 4.25. The summed E-state index contributed by atoms with van der Waals surface area (Å²) in [7, 11) is 0. The van der Waals surface area contributed by atoms with Crippen molar-refractivity contribution in [1.82, 2.24) is 0 Å². The minimum absolute atomic E-state index is 0.212. The number of benzene rings is 1. The lowest BCUT2D eigenvalue weighted by molar-refractivity contribution is 0.113. The Morgan fingerprint density at radius 3 is 2.61 bits per heavy atom. The van der Waals surface area contributed by atoms with E-state index in [1.54, 1.807) is 0 Å². The molecular formula is C14H23NO3. The first-order valence-corrected chi connectivity index (χ1v) is 6.44. The summed E-state index contributed by atoms with van der Waals surface area (Å²) in [6.45, 7) is 4.01. The van der Waals surface area contributed by atoms with Crippen molar-refractivity contribution in [3.8, 4) is 5.75 Å². The van der Waals surface area contributed by atoms with Crippen LogP contribution in [0, 0.1) is 0 Å². The zero-order chi connectivity index (χ0) is 13.2. The molecule has 0 aliphatic carbocycles. The number of unbranched alkanes of at least 4 members (excludes halogenated alkanes) is 1. The van der Waals surface area contributed by atoms with Gasteiger partial charge in [-0.1, -0.05) is 25.5 Å². The van der Waals surface area contributed by atoms with Gasteiger partial charge in [0.2, 0.25) is 0 Å². The molecule has 1 aromatic carbocycles. The predicted molar refractivity (Wildman–Crippen MR) is 71.6 cm³/mol. The van der Waals surface area contributed by atoms with Gasteiger partial charge in [0.25, 0.3) is 0 Å². The highest BCUT2D eigenvalue weighted by Crippen LogP contribution is 2.13. The van der Waals surface area contributed by atoms with Crippen LogP contribution in [0.25, 0.3) is 0 Å². The molecule has 0 aliphatic heterocycles. The second kappa shape index (κ2) is 8.91. The first-order chi connectivity index (χ1) is 8.76. The number of hydrogen-bond acceptors (Lipinski definition) is 4. The van der Waals surface area contributed by atoms with Crippen LogP contribution >= 0.6 is 0 Å². The van der Waals surface area contributed by atoms with E-state index in [1.165, 1.54) is 0 Å². The first-order valence-electron chi connectivity index (χ1n) is 6.44. The largest absolute Gasteiger partial charge is 0.491 e. The lowest BCUT2D eigenvalue weighted by atomic mass is 10.2. The fraction of sp³-hybridized carbons (Fsp3) is 0.571. The van der Waals surface area contributed by atoms with Crippen molar-refractivity contribution in [3.05, 3.63) is 29.8 Å². The lowest BCUT2D eigenvalue weighted by Gasteiger charge is -2.10. The lowest BCUT2D eigenvalue weighted by Crippen LogP contribution is -2.26. The van der Waals surface area contributed by atoms with E-state index in [9.17, 15) is 5.11 Å². The Bertz CT molecular complexity index is 313. The molecule has 0 radical (unpaired) electrons. The molecule has 0 bridgehead atoms. The molecule has 1 aromatic rings. The third-order valence-corrected chi connectivity index (χ3v) is 2.55. The van der Waals surface area contributed by atoms with E-state index in [4.69, 9.17) is 15.2 Å². The summed E-state index contributed by atoms with van der Waals surface area (Å²) in [6.07, 6.45) is 1.64. The first kappa shape index (κ1) is 15.0. The maximum Gasteiger partial charge on any atom is 0.119 e. The molecule has 3 N–H and O–H groups in total.